The molecule has 0 radical (unpaired) electrons. The molecular weight excluding hydrogens is 148 g/mol. The summed E-state index contributed by atoms with van der Waals surface area (Å²) < 4.78 is 1.15. The van der Waals surface area contributed by atoms with E-state index >= 15 is 0 Å². The fourth-order valence-corrected chi connectivity index (χ4v) is 0.773. The van der Waals surface area contributed by atoms with Crippen molar-refractivity contribution in [1.82, 2.24) is 9.78 Å². The van der Waals surface area contributed by atoms with Gasteiger partial charge in [0, 0.05) is 7.05 Å². The summed E-state index contributed by atoms with van der Waals surface area (Å²) >= 11 is 0. The number of quaternary nitrogens is 1. The lowest BCUT2D eigenvalue weighted by Gasteiger charge is -2.10. The fraction of sp³-hybridized carbons (Fsp3) is 0.200. The van der Waals surface area contributed by atoms with Crippen molar-refractivity contribution in [1.29, 1.82) is 5.26 Å². The summed E-state index contributed by atoms with van der Waals surface area (Å²) in [5, 5.41) is 29.9. The van der Waals surface area contributed by atoms with Crippen LogP contribution < -0.4 is 5.23 Å². The van der Waals surface area contributed by atoms with Gasteiger partial charge in [0.05, 0.1) is 6.20 Å². The maximum absolute atomic E-state index is 10.5. The Kier molecular flexibility index (Phi) is 1.87. The normalized spacial score (nSPS) is 12.5. The zero-order valence-electron chi connectivity index (χ0n) is 5.77. The first-order valence-electron chi connectivity index (χ1n) is 2.82. The molecule has 6 nitrogen and oxygen atoms in total. The first-order chi connectivity index (χ1) is 5.16. The van der Waals surface area contributed by atoms with Crippen molar-refractivity contribution < 1.29 is 10.4 Å². The molecule has 2 N–H and O–H groups in total. The molecule has 6 heteroatoms. The van der Waals surface area contributed by atoms with E-state index in [-0.39, 0.29) is 11.4 Å². The molecule has 0 spiro atoms. The molecule has 1 unspecified atom stereocenters. The highest BCUT2D eigenvalue weighted by molar-refractivity contribution is 5.40. The van der Waals surface area contributed by atoms with E-state index in [1.54, 1.807) is 6.07 Å². The minimum Gasteiger partial charge on any atom is -0.594 e. The Hall–Kier alpha value is -1.42. The molecule has 11 heavy (non-hydrogen) atoms. The second-order valence-corrected chi connectivity index (χ2v) is 1.95. The number of nitrogens with one attached hydrogen (secondary N) is 1. The number of nitrogens with zero attached hydrogens (tertiary/aromatic N) is 3. The Balaban J connectivity index is 3.21. The molecule has 1 rings (SSSR count). The molecule has 1 heterocycles. The lowest BCUT2D eigenvalue weighted by Crippen LogP contribution is -3.00. The van der Waals surface area contributed by atoms with Crippen LogP contribution in [0.2, 0.25) is 0 Å². The van der Waals surface area contributed by atoms with Gasteiger partial charge in [0.25, 0.3) is 5.82 Å². The summed E-state index contributed by atoms with van der Waals surface area (Å²) in [6.07, 6.45) is 1.23. The number of aryl methyl sites for hydroxylation is 1. The molecule has 0 saturated heterocycles. The van der Waals surface area contributed by atoms with Crippen LogP contribution in [0.25, 0.3) is 0 Å². The molecule has 1 atom stereocenters. The van der Waals surface area contributed by atoms with Crippen LogP contribution in [0.3, 0.4) is 0 Å². The van der Waals surface area contributed by atoms with E-state index < -0.39 is 5.23 Å². The van der Waals surface area contributed by atoms with Gasteiger partial charge in [-0.25, -0.2) is 9.89 Å². The SMILES string of the molecule is Cn1ncc(C#N)c1[NH+]([O-])O. The molecule has 58 valence electrons. The van der Waals surface area contributed by atoms with Crippen LogP contribution in [0.4, 0.5) is 5.82 Å². The van der Waals surface area contributed by atoms with E-state index in [1.807, 2.05) is 0 Å². The zero-order chi connectivity index (χ0) is 8.43. The number of hydrogen-bond acceptors (Lipinski definition) is 4. The second kappa shape index (κ2) is 2.67. The Bertz CT molecular complexity index is 298. The van der Waals surface area contributed by atoms with Gasteiger partial charge < -0.3 is 5.21 Å². The van der Waals surface area contributed by atoms with Crippen molar-refractivity contribution in [3.8, 4) is 6.07 Å². The maximum atomic E-state index is 10.5. The molecule has 0 amide bonds. The second-order valence-electron chi connectivity index (χ2n) is 1.95. The van der Waals surface area contributed by atoms with Gasteiger partial charge in [-0.15, -0.1) is 0 Å². The van der Waals surface area contributed by atoms with Gasteiger partial charge in [0.15, 0.2) is 5.56 Å². The van der Waals surface area contributed by atoms with Crippen LogP contribution in [0.5, 0.6) is 0 Å². The minimum atomic E-state index is -1.14. The van der Waals surface area contributed by atoms with E-state index in [1.165, 1.54) is 13.2 Å². The summed E-state index contributed by atoms with van der Waals surface area (Å²) in [5.41, 5.74) is 0.0833. The third kappa shape index (κ3) is 1.20. The maximum Gasteiger partial charge on any atom is 0.275 e. The van der Waals surface area contributed by atoms with E-state index in [0.717, 1.165) is 4.68 Å². The zero-order valence-corrected chi connectivity index (χ0v) is 5.77. The lowest BCUT2D eigenvalue weighted by molar-refractivity contribution is -0.994. The highest BCUT2D eigenvalue weighted by atomic mass is 16.8. The van der Waals surface area contributed by atoms with Crippen molar-refractivity contribution in [3.05, 3.63) is 17.0 Å². The van der Waals surface area contributed by atoms with Crippen LogP contribution >= 0.6 is 0 Å². The van der Waals surface area contributed by atoms with E-state index in [9.17, 15) is 5.21 Å². The summed E-state index contributed by atoms with van der Waals surface area (Å²) in [6, 6.07) is 1.73. The molecule has 0 aromatic carbocycles. The number of hydrogen-bond donors (Lipinski definition) is 2. The third-order valence-corrected chi connectivity index (χ3v) is 1.26. The average Bonchev–Trinajstić information content (AvgIpc) is 2.30. The highest BCUT2D eigenvalue weighted by Crippen LogP contribution is 2.05. The largest absolute Gasteiger partial charge is 0.594 e. The average molecular weight is 154 g/mol. The molecule has 0 aliphatic rings. The minimum absolute atomic E-state index is 0.0764. The third-order valence-electron chi connectivity index (χ3n) is 1.26. The monoisotopic (exact) mass is 154 g/mol. The first kappa shape index (κ1) is 7.68. The van der Waals surface area contributed by atoms with Crippen molar-refractivity contribution in [3.63, 3.8) is 0 Å². The van der Waals surface area contributed by atoms with E-state index in [4.69, 9.17) is 10.5 Å². The molecule has 0 aliphatic heterocycles. The molecule has 1 aromatic rings. The number of nitriles is 1. The Morgan fingerprint density at radius 1 is 1.91 bits per heavy atom. The van der Waals surface area contributed by atoms with E-state index in [2.05, 4.69) is 5.10 Å². The lowest BCUT2D eigenvalue weighted by atomic mass is 10.4. The first-order valence-corrected chi connectivity index (χ1v) is 2.82. The van der Waals surface area contributed by atoms with Crippen LogP contribution in [0, 0.1) is 16.5 Å². The van der Waals surface area contributed by atoms with E-state index in [0.29, 0.717) is 0 Å². The van der Waals surface area contributed by atoms with Gasteiger partial charge in [-0.3, -0.25) is 0 Å². The van der Waals surface area contributed by atoms with Gasteiger partial charge in [-0.1, -0.05) is 0 Å². The molecular formula is C5H6N4O2. The Morgan fingerprint density at radius 3 is 2.91 bits per heavy atom. The van der Waals surface area contributed by atoms with Crippen LogP contribution in [-0.2, 0) is 7.05 Å². The molecule has 0 bridgehead atoms. The van der Waals surface area contributed by atoms with Crippen molar-refractivity contribution in [2.75, 3.05) is 0 Å². The van der Waals surface area contributed by atoms with Crippen molar-refractivity contribution in [2.45, 2.75) is 0 Å². The van der Waals surface area contributed by atoms with Crippen LogP contribution in [-0.4, -0.2) is 15.0 Å². The van der Waals surface area contributed by atoms with Crippen LogP contribution in [0.1, 0.15) is 5.56 Å². The number of aromatic nitrogens is 2. The predicted molar refractivity (Wildman–Crippen MR) is 33.7 cm³/mol. The summed E-state index contributed by atoms with van der Waals surface area (Å²) in [5.74, 6) is -0.0764. The number of rotatable bonds is 1. The highest BCUT2D eigenvalue weighted by Gasteiger charge is 2.13. The van der Waals surface area contributed by atoms with Crippen molar-refractivity contribution in [2.24, 2.45) is 7.05 Å². The van der Waals surface area contributed by atoms with Gasteiger partial charge in [-0.05, 0) is 0 Å². The summed E-state index contributed by atoms with van der Waals surface area (Å²) in [4.78, 5) is 0. The quantitative estimate of drug-likeness (QED) is 0.492. The Labute approximate surface area is 62.4 Å². The van der Waals surface area contributed by atoms with Gasteiger partial charge in [0.1, 0.15) is 6.07 Å². The van der Waals surface area contributed by atoms with Gasteiger partial charge >= 0.3 is 0 Å². The summed E-state index contributed by atoms with van der Waals surface area (Å²) in [6.45, 7) is 0. The predicted octanol–water partition coefficient (Wildman–Crippen LogP) is -1.30. The Morgan fingerprint density at radius 2 is 2.55 bits per heavy atom. The molecule has 1 aromatic heterocycles. The van der Waals surface area contributed by atoms with Gasteiger partial charge in [-0.2, -0.15) is 15.6 Å². The molecule has 0 saturated carbocycles. The fourth-order valence-electron chi connectivity index (χ4n) is 0.773. The summed E-state index contributed by atoms with van der Waals surface area (Å²) in [7, 11) is 1.48. The molecule has 0 fully saturated rings. The van der Waals surface area contributed by atoms with Crippen LogP contribution in [0.15, 0.2) is 6.20 Å². The van der Waals surface area contributed by atoms with Gasteiger partial charge in [0.2, 0.25) is 0 Å². The standard InChI is InChI=1S/C5H6N4O2/c1-8-5(9(10)11)4(2-6)3-7-8/h3,9-10H,1H3. The molecule has 0 aliphatic carbocycles. The topological polar surface area (TPSA) is 89.3 Å². The van der Waals surface area contributed by atoms with Crippen molar-refractivity contribution >= 4 is 5.82 Å². The smallest absolute Gasteiger partial charge is 0.275 e.